The number of unbranched alkanes of at least 4 members (excludes halogenated alkanes) is 1. The summed E-state index contributed by atoms with van der Waals surface area (Å²) in [5, 5.41) is 1.04. The molecule has 1 saturated carbocycles. The maximum Gasteiger partial charge on any atom is 0.233 e. The molecule has 3 amide bonds. The largest absolute Gasteiger partial charge is 0.461 e. The van der Waals surface area contributed by atoms with Gasteiger partial charge in [0.25, 0.3) is 0 Å². The minimum atomic E-state index is -0.160. The molecule has 0 N–H and O–H groups in total. The Morgan fingerprint density at radius 1 is 1.13 bits per heavy atom. The normalized spacial score (nSPS) is 21.0. The molecule has 2 unspecified atom stereocenters. The van der Waals surface area contributed by atoms with Crippen LogP contribution < -0.4 is 0 Å². The average Bonchev–Trinajstić information content (AvgIpc) is 3.25. The number of aryl methyl sites for hydroxylation is 1. The summed E-state index contributed by atoms with van der Waals surface area (Å²) in [5.74, 6) is 0.402. The summed E-state index contributed by atoms with van der Waals surface area (Å²) in [6.07, 6.45) is 6.73. The van der Waals surface area contributed by atoms with Gasteiger partial charge >= 0.3 is 0 Å². The molecule has 2 atom stereocenters. The van der Waals surface area contributed by atoms with Crippen molar-refractivity contribution in [3.63, 3.8) is 0 Å². The van der Waals surface area contributed by atoms with Gasteiger partial charge in [-0.3, -0.25) is 19.3 Å². The van der Waals surface area contributed by atoms with E-state index in [-0.39, 0.29) is 42.5 Å². The third-order valence-corrected chi connectivity index (χ3v) is 6.84. The molecule has 1 saturated heterocycles. The fourth-order valence-electron chi connectivity index (χ4n) is 5.04. The molecule has 0 spiro atoms. The van der Waals surface area contributed by atoms with Gasteiger partial charge in [-0.25, -0.2) is 0 Å². The molecular formula is C25H32N2O4. The van der Waals surface area contributed by atoms with E-state index < -0.39 is 0 Å². The van der Waals surface area contributed by atoms with Crippen molar-refractivity contribution in [3.8, 4) is 0 Å². The number of hydrogen-bond acceptors (Lipinski definition) is 4. The predicted molar refractivity (Wildman–Crippen MR) is 118 cm³/mol. The summed E-state index contributed by atoms with van der Waals surface area (Å²) in [7, 11) is 1.78. The fourth-order valence-corrected chi connectivity index (χ4v) is 5.04. The standard InChI is InChI=1S/C25H32N2O4/c1-3-4-12-22-20(17-9-7-8-13-21(17)31-22)16-26(2)23(28)14-15-27-24(29)18-10-5-6-11-19(18)25(27)30/h7-9,13,18-19H,3-6,10-12,14-16H2,1-2H3. The van der Waals surface area contributed by atoms with Crippen LogP contribution in [0.3, 0.4) is 0 Å². The van der Waals surface area contributed by atoms with E-state index in [2.05, 4.69) is 6.92 Å². The highest BCUT2D eigenvalue weighted by atomic mass is 16.3. The van der Waals surface area contributed by atoms with Crippen molar-refractivity contribution in [1.82, 2.24) is 9.80 Å². The molecule has 6 nitrogen and oxygen atoms in total. The average molecular weight is 425 g/mol. The van der Waals surface area contributed by atoms with Crippen LogP contribution in [0.5, 0.6) is 0 Å². The number of nitrogens with zero attached hydrogens (tertiary/aromatic N) is 2. The van der Waals surface area contributed by atoms with Crippen molar-refractivity contribution in [1.29, 1.82) is 0 Å². The number of furan rings is 1. The van der Waals surface area contributed by atoms with Crippen LogP contribution in [-0.2, 0) is 27.3 Å². The fraction of sp³-hybridized carbons (Fsp3) is 0.560. The number of likely N-dealkylation sites (tertiary alicyclic amines) is 1. The first-order chi connectivity index (χ1) is 15.0. The van der Waals surface area contributed by atoms with Crippen molar-refractivity contribution in [2.75, 3.05) is 13.6 Å². The molecule has 0 bridgehead atoms. The number of fused-ring (bicyclic) bond motifs is 2. The topological polar surface area (TPSA) is 70.8 Å². The number of hydrogen-bond donors (Lipinski definition) is 0. The monoisotopic (exact) mass is 424 g/mol. The van der Waals surface area contributed by atoms with Crippen LogP contribution in [0.15, 0.2) is 28.7 Å². The van der Waals surface area contributed by atoms with E-state index in [4.69, 9.17) is 4.42 Å². The minimum Gasteiger partial charge on any atom is -0.461 e. The summed E-state index contributed by atoms with van der Waals surface area (Å²) < 4.78 is 6.07. The smallest absolute Gasteiger partial charge is 0.233 e. The van der Waals surface area contributed by atoms with Gasteiger partial charge in [-0.15, -0.1) is 0 Å². The Balaban J connectivity index is 1.41. The minimum absolute atomic E-state index is 0.0674. The molecule has 2 fully saturated rings. The lowest BCUT2D eigenvalue weighted by atomic mass is 9.81. The summed E-state index contributed by atoms with van der Waals surface area (Å²) in [6.45, 7) is 2.79. The van der Waals surface area contributed by atoms with Gasteiger partial charge in [0, 0.05) is 43.9 Å². The third kappa shape index (κ3) is 4.25. The summed E-state index contributed by atoms with van der Waals surface area (Å²) >= 11 is 0. The van der Waals surface area contributed by atoms with Crippen LogP contribution in [-0.4, -0.2) is 41.1 Å². The number of carbonyl (C=O) groups excluding carboxylic acids is 3. The molecule has 1 aliphatic heterocycles. The molecule has 2 aliphatic rings. The quantitative estimate of drug-likeness (QED) is 0.593. The second-order valence-electron chi connectivity index (χ2n) is 8.93. The molecule has 2 heterocycles. The molecule has 0 radical (unpaired) electrons. The van der Waals surface area contributed by atoms with Gasteiger partial charge in [-0.05, 0) is 25.3 Å². The van der Waals surface area contributed by atoms with Crippen molar-refractivity contribution in [3.05, 3.63) is 35.6 Å². The second kappa shape index (κ2) is 9.25. The number of imide groups is 1. The highest BCUT2D eigenvalue weighted by molar-refractivity contribution is 6.05. The first kappa shape index (κ1) is 21.6. The van der Waals surface area contributed by atoms with Crippen LogP contribution >= 0.6 is 0 Å². The van der Waals surface area contributed by atoms with Crippen molar-refractivity contribution in [2.45, 2.75) is 64.8 Å². The van der Waals surface area contributed by atoms with E-state index in [9.17, 15) is 14.4 Å². The van der Waals surface area contributed by atoms with Gasteiger partial charge in [0.05, 0.1) is 11.8 Å². The van der Waals surface area contributed by atoms with Gasteiger partial charge in [0.2, 0.25) is 17.7 Å². The maximum atomic E-state index is 12.9. The molecule has 166 valence electrons. The van der Waals surface area contributed by atoms with Gasteiger partial charge in [0.15, 0.2) is 0 Å². The lowest BCUT2D eigenvalue weighted by Crippen LogP contribution is -2.36. The van der Waals surface area contributed by atoms with Crippen LogP contribution in [0.1, 0.15) is 63.2 Å². The highest BCUT2D eigenvalue weighted by Gasteiger charge is 2.47. The van der Waals surface area contributed by atoms with Crippen LogP contribution in [0.4, 0.5) is 0 Å². The Morgan fingerprint density at radius 2 is 1.81 bits per heavy atom. The maximum absolute atomic E-state index is 12.9. The molecular weight excluding hydrogens is 392 g/mol. The van der Waals surface area contributed by atoms with E-state index >= 15 is 0 Å². The lowest BCUT2D eigenvalue weighted by molar-refractivity contribution is -0.140. The second-order valence-corrected chi connectivity index (χ2v) is 8.93. The summed E-state index contributed by atoms with van der Waals surface area (Å²) in [5.41, 5.74) is 1.90. The first-order valence-electron chi connectivity index (χ1n) is 11.6. The Labute approximate surface area is 183 Å². The van der Waals surface area contributed by atoms with Gasteiger partial charge in [-0.1, -0.05) is 44.4 Å². The number of carbonyl (C=O) groups is 3. The zero-order valence-electron chi connectivity index (χ0n) is 18.6. The van der Waals surface area contributed by atoms with Gasteiger partial charge in [-0.2, -0.15) is 0 Å². The number of para-hydroxylation sites is 1. The summed E-state index contributed by atoms with van der Waals surface area (Å²) in [6, 6.07) is 7.93. The van der Waals surface area contributed by atoms with E-state index in [1.54, 1.807) is 11.9 Å². The number of amides is 3. The van der Waals surface area contributed by atoms with E-state index in [0.717, 1.165) is 67.2 Å². The molecule has 6 heteroatoms. The zero-order valence-corrected chi connectivity index (χ0v) is 18.6. The summed E-state index contributed by atoms with van der Waals surface area (Å²) in [4.78, 5) is 41.2. The van der Waals surface area contributed by atoms with E-state index in [0.29, 0.717) is 6.54 Å². The molecule has 4 rings (SSSR count). The van der Waals surface area contributed by atoms with Crippen LogP contribution in [0, 0.1) is 11.8 Å². The van der Waals surface area contributed by atoms with Gasteiger partial charge < -0.3 is 9.32 Å². The number of benzene rings is 1. The lowest BCUT2D eigenvalue weighted by Gasteiger charge is -2.20. The Morgan fingerprint density at radius 3 is 2.48 bits per heavy atom. The number of rotatable bonds is 8. The Kier molecular flexibility index (Phi) is 6.44. The zero-order chi connectivity index (χ0) is 22.0. The molecule has 2 aromatic rings. The third-order valence-electron chi connectivity index (χ3n) is 6.84. The Bertz CT molecular complexity index is 955. The van der Waals surface area contributed by atoms with Gasteiger partial charge in [0.1, 0.15) is 11.3 Å². The van der Waals surface area contributed by atoms with Crippen molar-refractivity contribution in [2.24, 2.45) is 11.8 Å². The van der Waals surface area contributed by atoms with Crippen LogP contribution in [0.2, 0.25) is 0 Å². The van der Waals surface area contributed by atoms with Crippen LogP contribution in [0.25, 0.3) is 11.0 Å². The molecule has 1 aromatic heterocycles. The van der Waals surface area contributed by atoms with E-state index in [1.165, 1.54) is 4.90 Å². The Hall–Kier alpha value is -2.63. The van der Waals surface area contributed by atoms with Crippen molar-refractivity contribution >= 4 is 28.7 Å². The van der Waals surface area contributed by atoms with E-state index in [1.807, 2.05) is 24.3 Å². The molecule has 1 aromatic carbocycles. The predicted octanol–water partition coefficient (Wildman–Crippen LogP) is 4.30. The SMILES string of the molecule is CCCCc1oc2ccccc2c1CN(C)C(=O)CCN1C(=O)C2CCCCC2C1=O. The highest BCUT2D eigenvalue weighted by Crippen LogP contribution is 2.38. The molecule has 31 heavy (non-hydrogen) atoms. The first-order valence-corrected chi connectivity index (χ1v) is 11.6. The van der Waals surface area contributed by atoms with Crippen molar-refractivity contribution < 1.29 is 18.8 Å². The molecule has 1 aliphatic carbocycles.